The van der Waals surface area contributed by atoms with Gasteiger partial charge in [0.2, 0.25) is 0 Å². The average Bonchev–Trinajstić information content (AvgIpc) is 2.84. The van der Waals surface area contributed by atoms with E-state index in [-0.39, 0.29) is 0 Å². The highest BCUT2D eigenvalue weighted by atomic mass is 32.2. The van der Waals surface area contributed by atoms with Crippen LogP contribution in [-0.4, -0.2) is 101 Å². The van der Waals surface area contributed by atoms with E-state index in [9.17, 15) is 0 Å². The van der Waals surface area contributed by atoms with Crippen molar-refractivity contribution in [2.24, 2.45) is 5.73 Å². The topological polar surface area (TPSA) is 119 Å². The van der Waals surface area contributed by atoms with Crippen LogP contribution in [0.5, 0.6) is 0 Å². The van der Waals surface area contributed by atoms with Crippen molar-refractivity contribution >= 4 is 23.5 Å². The van der Waals surface area contributed by atoms with Gasteiger partial charge in [-0.05, 0) is 13.2 Å². The molecular formula is C22H40N4O6S2. The molecule has 0 aliphatic rings. The van der Waals surface area contributed by atoms with Gasteiger partial charge in [-0.15, -0.1) is 0 Å². The molecule has 1 aromatic rings. The predicted octanol–water partition coefficient (Wildman–Crippen LogP) is 1.90. The zero-order valence-corrected chi connectivity index (χ0v) is 22.0. The van der Waals surface area contributed by atoms with E-state index in [1.807, 2.05) is 6.92 Å². The van der Waals surface area contributed by atoms with Crippen molar-refractivity contribution in [3.63, 3.8) is 0 Å². The Labute approximate surface area is 212 Å². The maximum Gasteiger partial charge on any atom is 0.188 e. The number of nitrogens with zero attached hydrogens (tertiary/aromatic N) is 2. The van der Waals surface area contributed by atoms with Gasteiger partial charge < -0.3 is 39.5 Å². The fourth-order valence-electron chi connectivity index (χ4n) is 2.26. The molecule has 0 fully saturated rings. The van der Waals surface area contributed by atoms with Crippen molar-refractivity contribution in [3.05, 3.63) is 29.9 Å². The van der Waals surface area contributed by atoms with E-state index in [0.29, 0.717) is 79.3 Å². The Morgan fingerprint density at radius 1 is 0.824 bits per heavy atom. The number of hydrogen-bond acceptors (Lipinski definition) is 12. The van der Waals surface area contributed by atoms with Crippen LogP contribution in [0.3, 0.4) is 0 Å². The van der Waals surface area contributed by atoms with Gasteiger partial charge in [-0.25, -0.2) is 9.97 Å². The molecule has 0 aliphatic carbocycles. The van der Waals surface area contributed by atoms with E-state index < -0.39 is 0 Å². The van der Waals surface area contributed by atoms with Crippen molar-refractivity contribution in [2.75, 3.05) is 90.6 Å². The monoisotopic (exact) mass is 520 g/mol. The van der Waals surface area contributed by atoms with Crippen LogP contribution in [0.1, 0.15) is 12.5 Å². The van der Waals surface area contributed by atoms with Crippen LogP contribution < -0.4 is 11.1 Å². The van der Waals surface area contributed by atoms with Crippen molar-refractivity contribution in [2.45, 2.75) is 18.7 Å². The van der Waals surface area contributed by atoms with E-state index >= 15 is 0 Å². The summed E-state index contributed by atoms with van der Waals surface area (Å²) in [5, 5.41) is 4.78. The van der Waals surface area contributed by atoms with Crippen molar-refractivity contribution in [1.29, 1.82) is 0 Å². The highest BCUT2D eigenvalue weighted by molar-refractivity contribution is 8.15. The number of thioether (sulfide) groups is 2. The third-order valence-corrected chi connectivity index (χ3v) is 5.72. The van der Waals surface area contributed by atoms with Gasteiger partial charge in [-0.3, -0.25) is 0 Å². The van der Waals surface area contributed by atoms with Crippen LogP contribution in [-0.2, 0) is 35.0 Å². The Kier molecular flexibility index (Phi) is 21.5. The fourth-order valence-corrected chi connectivity index (χ4v) is 3.40. The molecule has 0 amide bonds. The van der Waals surface area contributed by atoms with Gasteiger partial charge in [0.15, 0.2) is 5.16 Å². The van der Waals surface area contributed by atoms with E-state index in [1.54, 1.807) is 42.1 Å². The molecule has 10 nitrogen and oxygen atoms in total. The number of nitrogens with two attached hydrogens (primary N) is 1. The predicted molar refractivity (Wildman–Crippen MR) is 136 cm³/mol. The third-order valence-electron chi connectivity index (χ3n) is 3.84. The van der Waals surface area contributed by atoms with Crippen LogP contribution >= 0.6 is 23.5 Å². The Balaban J connectivity index is 1.74. The molecule has 0 saturated heterocycles. The van der Waals surface area contributed by atoms with E-state index in [1.165, 1.54) is 0 Å². The largest absolute Gasteiger partial charge is 0.401 e. The molecule has 0 aliphatic heterocycles. The van der Waals surface area contributed by atoms with Gasteiger partial charge in [0.1, 0.15) is 0 Å². The van der Waals surface area contributed by atoms with Gasteiger partial charge in [-0.2, -0.15) is 11.8 Å². The summed E-state index contributed by atoms with van der Waals surface area (Å²) < 4.78 is 32.8. The summed E-state index contributed by atoms with van der Waals surface area (Å²) in [5.74, 6) is 0. The molecule has 0 aromatic carbocycles. The minimum Gasteiger partial charge on any atom is -0.401 e. The Morgan fingerprint density at radius 3 is 1.76 bits per heavy atom. The molecular weight excluding hydrogens is 480 g/mol. The van der Waals surface area contributed by atoms with Crippen LogP contribution in [0.2, 0.25) is 0 Å². The lowest BCUT2D eigenvalue weighted by Gasteiger charge is -2.08. The van der Waals surface area contributed by atoms with Crippen LogP contribution in [0.25, 0.3) is 0 Å². The van der Waals surface area contributed by atoms with Gasteiger partial charge in [-0.1, -0.05) is 11.8 Å². The molecule has 1 aromatic heterocycles. The average molecular weight is 521 g/mol. The molecule has 34 heavy (non-hydrogen) atoms. The van der Waals surface area contributed by atoms with Gasteiger partial charge >= 0.3 is 0 Å². The lowest BCUT2D eigenvalue weighted by molar-refractivity contribution is -0.0175. The van der Waals surface area contributed by atoms with Crippen LogP contribution in [0.4, 0.5) is 0 Å². The minimum absolute atomic E-state index is 0.478. The number of hydrogen-bond donors (Lipinski definition) is 2. The van der Waals surface area contributed by atoms with Crippen molar-refractivity contribution in [1.82, 2.24) is 15.3 Å². The molecule has 0 unspecified atom stereocenters. The summed E-state index contributed by atoms with van der Waals surface area (Å²) in [6, 6.07) is 0. The molecule has 0 radical (unpaired) electrons. The van der Waals surface area contributed by atoms with Crippen molar-refractivity contribution in [3.8, 4) is 0 Å². The number of allylic oxidation sites excluding steroid dienone is 1. The molecule has 1 heterocycles. The van der Waals surface area contributed by atoms with Gasteiger partial charge in [0, 0.05) is 41.5 Å². The second-order valence-electron chi connectivity index (χ2n) is 6.88. The highest BCUT2D eigenvalue weighted by Gasteiger charge is 1.99. The van der Waals surface area contributed by atoms with Crippen molar-refractivity contribution < 1.29 is 28.4 Å². The lowest BCUT2D eigenvalue weighted by atomic mass is 10.4. The first-order chi connectivity index (χ1) is 16.7. The highest BCUT2D eigenvalue weighted by Crippen LogP contribution is 2.16. The van der Waals surface area contributed by atoms with E-state index in [0.717, 1.165) is 28.0 Å². The van der Waals surface area contributed by atoms with Gasteiger partial charge in [0.05, 0.1) is 79.3 Å². The lowest BCUT2D eigenvalue weighted by Crippen LogP contribution is -2.17. The second-order valence-corrected chi connectivity index (χ2v) is 9.06. The smallest absolute Gasteiger partial charge is 0.188 e. The number of ether oxygens (including phenoxy) is 6. The minimum atomic E-state index is 0.478. The number of rotatable bonds is 24. The number of aromatic nitrogens is 2. The molecule has 196 valence electrons. The Bertz CT molecular complexity index is 610. The first-order valence-electron chi connectivity index (χ1n) is 11.3. The summed E-state index contributed by atoms with van der Waals surface area (Å²) in [6.45, 7) is 8.94. The molecule has 0 spiro atoms. The summed E-state index contributed by atoms with van der Waals surface area (Å²) in [4.78, 5) is 8.61. The first-order valence-corrected chi connectivity index (χ1v) is 13.6. The fraction of sp³-hybridized carbons (Fsp3) is 0.727. The van der Waals surface area contributed by atoms with Crippen LogP contribution in [0.15, 0.2) is 29.4 Å². The molecule has 1 rings (SSSR count). The molecule has 3 N–H and O–H groups in total. The molecule has 0 saturated carbocycles. The molecule has 0 atom stereocenters. The van der Waals surface area contributed by atoms with Gasteiger partial charge in [0.25, 0.3) is 0 Å². The normalized spacial score (nSPS) is 11.8. The Hall–Kier alpha value is -1.12. The first kappa shape index (κ1) is 30.9. The molecule has 12 heteroatoms. The summed E-state index contributed by atoms with van der Waals surface area (Å²) >= 11 is 3.38. The Morgan fingerprint density at radius 2 is 1.29 bits per heavy atom. The quantitative estimate of drug-likeness (QED) is 0.0896. The van der Waals surface area contributed by atoms with E-state index in [2.05, 4.69) is 21.5 Å². The number of nitrogens with one attached hydrogen (secondary N) is 1. The SMILES string of the molecule is CSCSc1ncc(COCCOCCOCCOCCOCCOCCN/C=C(/C)N)cn1. The van der Waals surface area contributed by atoms with Crippen LogP contribution in [0, 0.1) is 0 Å². The van der Waals surface area contributed by atoms with E-state index in [4.69, 9.17) is 34.2 Å². The maximum absolute atomic E-state index is 5.57. The second kappa shape index (κ2) is 23.6. The standard InChI is InChI=1S/C22H40N4O6S2/c1-20(23)15-24-3-4-27-5-6-28-7-8-29-9-10-30-11-12-31-13-14-32-18-21-16-25-22(26-17-21)34-19-33-2/h15-17,24H,3-14,18-19,23H2,1-2H3/b20-15-. The zero-order valence-electron chi connectivity index (χ0n) is 20.4. The summed E-state index contributed by atoms with van der Waals surface area (Å²) in [6.07, 6.45) is 7.42. The zero-order chi connectivity index (χ0) is 24.5. The maximum atomic E-state index is 5.57. The molecule has 0 bridgehead atoms. The summed E-state index contributed by atoms with van der Waals surface area (Å²) in [7, 11) is 0. The third kappa shape index (κ3) is 20.3. The summed E-state index contributed by atoms with van der Waals surface area (Å²) in [5.41, 5.74) is 7.20.